The van der Waals surface area contributed by atoms with Crippen molar-refractivity contribution in [1.29, 1.82) is 0 Å². The van der Waals surface area contributed by atoms with Gasteiger partial charge in [-0.15, -0.1) is 0 Å². The van der Waals surface area contributed by atoms with Crippen LogP contribution in [0, 0.1) is 6.92 Å². The summed E-state index contributed by atoms with van der Waals surface area (Å²) in [5.74, 6) is 0.882. The zero-order valence-electron chi connectivity index (χ0n) is 11.4. The largest absolute Gasteiger partial charge is 0.353 e. The second-order valence-corrected chi connectivity index (χ2v) is 6.11. The number of hydrogen-bond donors (Lipinski definition) is 1. The molecule has 1 aromatic heterocycles. The summed E-state index contributed by atoms with van der Waals surface area (Å²) in [6.07, 6.45) is 7.03. The Morgan fingerprint density at radius 1 is 1.20 bits per heavy atom. The number of anilines is 1. The van der Waals surface area contributed by atoms with Crippen molar-refractivity contribution in [3.63, 3.8) is 0 Å². The molecule has 1 aromatic carbocycles. The van der Waals surface area contributed by atoms with Crippen LogP contribution in [-0.2, 0) is 0 Å². The summed E-state index contributed by atoms with van der Waals surface area (Å²) >= 11 is 12.1. The molecule has 5 heteroatoms. The highest BCUT2D eigenvalue weighted by atomic mass is 35.5. The normalized spacial score (nSPS) is 15.8. The van der Waals surface area contributed by atoms with Gasteiger partial charge in [-0.3, -0.25) is 4.57 Å². The second kappa shape index (κ2) is 5.66. The summed E-state index contributed by atoms with van der Waals surface area (Å²) in [6.45, 7) is 1.99. The first-order valence-corrected chi connectivity index (χ1v) is 7.67. The second-order valence-electron chi connectivity index (χ2n) is 5.30. The Labute approximate surface area is 128 Å². The van der Waals surface area contributed by atoms with Gasteiger partial charge in [0.25, 0.3) is 0 Å². The van der Waals surface area contributed by atoms with E-state index in [4.69, 9.17) is 23.2 Å². The van der Waals surface area contributed by atoms with Crippen LogP contribution in [0.5, 0.6) is 0 Å². The van der Waals surface area contributed by atoms with Crippen LogP contribution >= 0.6 is 23.2 Å². The number of hydrogen-bond acceptors (Lipinski definition) is 2. The average Bonchev–Trinajstić information content (AvgIpc) is 3.03. The molecule has 0 amide bonds. The van der Waals surface area contributed by atoms with Gasteiger partial charge in [-0.05, 0) is 38.0 Å². The van der Waals surface area contributed by atoms with Crippen LogP contribution in [0.1, 0.15) is 31.4 Å². The minimum Gasteiger partial charge on any atom is -0.353 e. The molecule has 1 saturated carbocycles. The van der Waals surface area contributed by atoms with Crippen molar-refractivity contribution in [3.05, 3.63) is 40.1 Å². The zero-order valence-corrected chi connectivity index (χ0v) is 12.9. The van der Waals surface area contributed by atoms with Gasteiger partial charge in [0.05, 0.1) is 21.4 Å². The van der Waals surface area contributed by atoms with Crippen molar-refractivity contribution in [3.8, 4) is 5.69 Å². The molecule has 3 rings (SSSR count). The summed E-state index contributed by atoms with van der Waals surface area (Å²) in [4.78, 5) is 4.58. The van der Waals surface area contributed by atoms with Crippen LogP contribution in [0.3, 0.4) is 0 Å². The van der Waals surface area contributed by atoms with Gasteiger partial charge in [0, 0.05) is 12.2 Å². The van der Waals surface area contributed by atoms with Gasteiger partial charge in [-0.2, -0.15) is 0 Å². The molecule has 106 valence electrons. The first-order valence-electron chi connectivity index (χ1n) is 6.91. The molecule has 0 bridgehead atoms. The maximum Gasteiger partial charge on any atom is 0.207 e. The van der Waals surface area contributed by atoms with Gasteiger partial charge in [-0.1, -0.05) is 36.0 Å². The maximum atomic E-state index is 6.11. The van der Waals surface area contributed by atoms with Crippen molar-refractivity contribution >= 4 is 29.2 Å². The summed E-state index contributed by atoms with van der Waals surface area (Å²) < 4.78 is 2.04. The van der Waals surface area contributed by atoms with E-state index in [0.29, 0.717) is 16.1 Å². The highest BCUT2D eigenvalue weighted by Crippen LogP contribution is 2.28. The smallest absolute Gasteiger partial charge is 0.207 e. The third kappa shape index (κ3) is 2.79. The van der Waals surface area contributed by atoms with E-state index >= 15 is 0 Å². The Kier molecular flexibility index (Phi) is 3.90. The lowest BCUT2D eigenvalue weighted by atomic mass is 10.2. The van der Waals surface area contributed by atoms with Crippen LogP contribution in [0.15, 0.2) is 24.4 Å². The first-order chi connectivity index (χ1) is 9.63. The van der Waals surface area contributed by atoms with Crippen molar-refractivity contribution in [1.82, 2.24) is 9.55 Å². The number of aryl methyl sites for hydroxylation is 1. The van der Waals surface area contributed by atoms with Gasteiger partial charge in [-0.25, -0.2) is 4.98 Å². The molecule has 0 aliphatic heterocycles. The molecule has 0 saturated heterocycles. The molecule has 3 nitrogen and oxygen atoms in total. The molecule has 0 radical (unpaired) electrons. The molecule has 2 aromatic rings. The molecule has 0 atom stereocenters. The Morgan fingerprint density at radius 2 is 1.95 bits per heavy atom. The van der Waals surface area contributed by atoms with E-state index in [2.05, 4.69) is 10.3 Å². The molecular weight excluding hydrogens is 293 g/mol. The standard InChI is InChI=1S/C15H17Cl2N3/c1-10-9-20(12-6-7-13(16)14(17)8-12)15(18-10)19-11-4-2-3-5-11/h6-9,11H,2-5H2,1H3,(H,18,19). The van der Waals surface area contributed by atoms with Crippen molar-refractivity contribution in [2.45, 2.75) is 38.6 Å². The van der Waals surface area contributed by atoms with E-state index in [9.17, 15) is 0 Å². The average molecular weight is 310 g/mol. The van der Waals surface area contributed by atoms with Gasteiger partial charge in [0.2, 0.25) is 5.95 Å². The first kappa shape index (κ1) is 13.8. The van der Waals surface area contributed by atoms with E-state index in [1.807, 2.05) is 35.9 Å². The molecule has 20 heavy (non-hydrogen) atoms. The molecule has 1 aliphatic carbocycles. The minimum absolute atomic E-state index is 0.526. The molecular formula is C15H17Cl2N3. The summed E-state index contributed by atoms with van der Waals surface area (Å²) in [5.41, 5.74) is 1.96. The number of imidazole rings is 1. The molecule has 1 fully saturated rings. The van der Waals surface area contributed by atoms with E-state index in [0.717, 1.165) is 17.3 Å². The lowest BCUT2D eigenvalue weighted by Gasteiger charge is -2.15. The third-order valence-electron chi connectivity index (χ3n) is 3.70. The Bertz CT molecular complexity index is 616. The quantitative estimate of drug-likeness (QED) is 0.879. The Morgan fingerprint density at radius 3 is 2.65 bits per heavy atom. The highest BCUT2D eigenvalue weighted by Gasteiger charge is 2.18. The van der Waals surface area contributed by atoms with Gasteiger partial charge >= 0.3 is 0 Å². The summed E-state index contributed by atoms with van der Waals surface area (Å²) in [5, 5.41) is 4.66. The SMILES string of the molecule is Cc1cn(-c2ccc(Cl)c(Cl)c2)c(NC2CCCC2)n1. The number of nitrogens with one attached hydrogen (secondary N) is 1. The maximum absolute atomic E-state index is 6.11. The number of benzene rings is 1. The fraction of sp³-hybridized carbons (Fsp3) is 0.400. The summed E-state index contributed by atoms with van der Waals surface area (Å²) in [7, 11) is 0. The molecule has 0 spiro atoms. The third-order valence-corrected chi connectivity index (χ3v) is 4.44. The predicted molar refractivity (Wildman–Crippen MR) is 84.2 cm³/mol. The minimum atomic E-state index is 0.526. The summed E-state index contributed by atoms with van der Waals surface area (Å²) in [6, 6.07) is 6.16. The lowest BCUT2D eigenvalue weighted by molar-refractivity contribution is 0.740. The molecule has 1 N–H and O–H groups in total. The van der Waals surface area contributed by atoms with E-state index in [1.165, 1.54) is 25.7 Å². The molecule has 1 heterocycles. The van der Waals surface area contributed by atoms with E-state index in [1.54, 1.807) is 0 Å². The Hall–Kier alpha value is -1.19. The predicted octanol–water partition coefficient (Wildman–Crippen LogP) is 4.84. The van der Waals surface area contributed by atoms with Crippen LogP contribution < -0.4 is 5.32 Å². The van der Waals surface area contributed by atoms with E-state index in [-0.39, 0.29) is 0 Å². The van der Waals surface area contributed by atoms with E-state index < -0.39 is 0 Å². The number of aromatic nitrogens is 2. The fourth-order valence-corrected chi connectivity index (χ4v) is 2.98. The van der Waals surface area contributed by atoms with Crippen LogP contribution in [0.25, 0.3) is 5.69 Å². The number of rotatable bonds is 3. The fourth-order valence-electron chi connectivity index (χ4n) is 2.68. The van der Waals surface area contributed by atoms with Gasteiger partial charge < -0.3 is 5.32 Å². The molecule has 0 unspecified atom stereocenters. The topological polar surface area (TPSA) is 29.9 Å². The van der Waals surface area contributed by atoms with Crippen molar-refractivity contribution < 1.29 is 0 Å². The Balaban J connectivity index is 1.93. The van der Waals surface area contributed by atoms with Crippen molar-refractivity contribution in [2.75, 3.05) is 5.32 Å². The highest BCUT2D eigenvalue weighted by molar-refractivity contribution is 6.42. The van der Waals surface area contributed by atoms with Crippen LogP contribution in [-0.4, -0.2) is 15.6 Å². The van der Waals surface area contributed by atoms with Crippen molar-refractivity contribution in [2.24, 2.45) is 0 Å². The van der Waals surface area contributed by atoms with Gasteiger partial charge in [0.15, 0.2) is 0 Å². The number of halogens is 2. The number of nitrogens with zero attached hydrogens (tertiary/aromatic N) is 2. The monoisotopic (exact) mass is 309 g/mol. The zero-order chi connectivity index (χ0) is 14.1. The van der Waals surface area contributed by atoms with Crippen LogP contribution in [0.2, 0.25) is 10.0 Å². The van der Waals surface area contributed by atoms with Crippen LogP contribution in [0.4, 0.5) is 5.95 Å². The lowest BCUT2D eigenvalue weighted by Crippen LogP contribution is -2.17. The van der Waals surface area contributed by atoms with Gasteiger partial charge in [0.1, 0.15) is 0 Å². The molecule has 1 aliphatic rings.